The molecule has 20 aromatic carbocycles. The maximum Gasteiger partial charge on any atom is 0.132 e. The molecular formula is C110H60ClF2NS6. The number of pyridine rings is 1. The van der Waals surface area contributed by atoms with Gasteiger partial charge in [0.1, 0.15) is 11.6 Å². The first-order chi connectivity index (χ1) is 59.2. The van der Waals surface area contributed by atoms with Crippen LogP contribution < -0.4 is 0 Å². The molecule has 120 heavy (non-hydrogen) atoms. The first-order valence-electron chi connectivity index (χ1n) is 40.1. The molecule has 0 aliphatic carbocycles. The zero-order chi connectivity index (χ0) is 79.3. The van der Waals surface area contributed by atoms with Gasteiger partial charge in [-0.1, -0.05) is 260 Å². The summed E-state index contributed by atoms with van der Waals surface area (Å²) in [6, 6.07) is 120. The summed E-state index contributed by atoms with van der Waals surface area (Å²) < 4.78 is 45.8. The minimum absolute atomic E-state index is 0.214. The minimum Gasteiger partial charge on any atom is -0.255 e. The Morgan fingerprint density at radius 1 is 0.225 bits per heavy atom. The van der Waals surface area contributed by atoms with Crippen LogP contribution in [-0.2, 0) is 0 Å². The number of halogens is 3. The van der Waals surface area contributed by atoms with E-state index in [0.29, 0.717) is 11.1 Å². The monoisotopic (exact) mass is 1660 g/mol. The van der Waals surface area contributed by atoms with Gasteiger partial charge in [0.05, 0.1) is 15.2 Å². The van der Waals surface area contributed by atoms with Crippen LogP contribution in [0.2, 0.25) is 5.02 Å². The summed E-state index contributed by atoms with van der Waals surface area (Å²) in [5.74, 6) is -0.431. The average molecular weight is 1660 g/mol. The molecule has 7 heterocycles. The number of hydrogen-bond acceptors (Lipinski definition) is 7. The molecule has 562 valence electrons. The van der Waals surface area contributed by atoms with Crippen LogP contribution in [0.4, 0.5) is 8.78 Å². The molecule has 0 atom stereocenters. The molecule has 0 aliphatic heterocycles. The van der Waals surface area contributed by atoms with Crippen molar-refractivity contribution in [2.45, 2.75) is 6.92 Å². The molecule has 1 nitrogen and oxygen atoms in total. The quantitative estimate of drug-likeness (QED) is 0.126. The van der Waals surface area contributed by atoms with Crippen molar-refractivity contribution in [3.63, 3.8) is 0 Å². The van der Waals surface area contributed by atoms with Crippen LogP contribution in [-0.4, -0.2) is 4.98 Å². The van der Waals surface area contributed by atoms with Crippen molar-refractivity contribution in [3.8, 4) is 44.5 Å². The summed E-state index contributed by atoms with van der Waals surface area (Å²) in [5.41, 5.74) is 10.1. The second kappa shape index (κ2) is 27.3. The van der Waals surface area contributed by atoms with Gasteiger partial charge in [-0.2, -0.15) is 0 Å². The van der Waals surface area contributed by atoms with Gasteiger partial charge in [-0.05, 0) is 175 Å². The number of benzene rings is 20. The zero-order valence-corrected chi connectivity index (χ0v) is 69.6. The molecule has 0 saturated heterocycles. The second-order valence-corrected chi connectivity index (χ2v) is 38.1. The number of fused-ring (bicyclic) bond motifs is 22. The lowest BCUT2D eigenvalue weighted by molar-refractivity contribution is 0.633. The summed E-state index contributed by atoms with van der Waals surface area (Å²) in [6.45, 7) is 2.04. The largest absolute Gasteiger partial charge is 0.255 e. The Bertz CT molecular complexity index is 9090. The predicted molar refractivity (Wildman–Crippen MR) is 526 cm³/mol. The first kappa shape index (κ1) is 70.1. The van der Waals surface area contributed by atoms with Crippen LogP contribution in [0.1, 0.15) is 5.56 Å². The highest BCUT2D eigenvalue weighted by Crippen LogP contribution is 2.56. The Morgan fingerprint density at radius 3 is 1.14 bits per heavy atom. The maximum absolute atomic E-state index is 15.7. The van der Waals surface area contributed by atoms with E-state index in [0.717, 1.165) is 83.7 Å². The Morgan fingerprint density at radius 2 is 0.608 bits per heavy atom. The highest BCUT2D eigenvalue weighted by Gasteiger charge is 2.27. The van der Waals surface area contributed by atoms with Gasteiger partial charge in [0, 0.05) is 177 Å². The Balaban J connectivity index is 0.000000101. The summed E-state index contributed by atoms with van der Waals surface area (Å²) >= 11 is 17.6. The third kappa shape index (κ3) is 10.6. The van der Waals surface area contributed by atoms with Gasteiger partial charge in [0.2, 0.25) is 0 Å². The van der Waals surface area contributed by atoms with Crippen molar-refractivity contribution in [2.75, 3.05) is 0 Å². The summed E-state index contributed by atoms with van der Waals surface area (Å²) in [7, 11) is 0. The highest BCUT2D eigenvalue weighted by atomic mass is 35.5. The number of aryl methyl sites for hydroxylation is 1. The predicted octanol–water partition coefficient (Wildman–Crippen LogP) is 35.8. The van der Waals surface area contributed by atoms with Crippen molar-refractivity contribution in [2.24, 2.45) is 0 Å². The van der Waals surface area contributed by atoms with Crippen LogP contribution >= 0.6 is 79.6 Å². The molecule has 10 heteroatoms. The van der Waals surface area contributed by atoms with Crippen molar-refractivity contribution in [1.82, 2.24) is 4.98 Å². The van der Waals surface area contributed by atoms with Gasteiger partial charge in [0.25, 0.3) is 0 Å². The van der Waals surface area contributed by atoms with Crippen LogP contribution in [0, 0.1) is 18.6 Å². The van der Waals surface area contributed by atoms with E-state index in [9.17, 15) is 0 Å². The minimum atomic E-state index is -0.217. The van der Waals surface area contributed by atoms with Crippen LogP contribution in [0.3, 0.4) is 0 Å². The molecule has 0 aliphatic rings. The lowest BCUT2D eigenvalue weighted by Gasteiger charge is -2.19. The Kier molecular flexibility index (Phi) is 16.0. The van der Waals surface area contributed by atoms with Gasteiger partial charge in [-0.3, -0.25) is 4.98 Å². The van der Waals surface area contributed by atoms with Gasteiger partial charge >= 0.3 is 0 Å². The molecule has 0 fully saturated rings. The van der Waals surface area contributed by atoms with Crippen molar-refractivity contribution >= 4 is 287 Å². The molecule has 0 bridgehead atoms. The molecule has 0 saturated carbocycles. The van der Waals surface area contributed by atoms with Crippen LogP contribution in [0.15, 0.2) is 346 Å². The number of hydrogen-bond donors (Lipinski definition) is 0. The van der Waals surface area contributed by atoms with E-state index < -0.39 is 0 Å². The molecule has 0 amide bonds. The Hall–Kier alpha value is -12.9. The SMILES string of the molecule is Cc1ccc(-c2cc3c(cc2F)sc2cccc4c2c3c2cccc3sc5cc(F)c(-c6ccccc6)cc5c4c32)cc1.Clc1cc2c(sc3cccc4c3c2c2cccc3sc5ccccc5c4c32)c2ncccc12.c1ccc(-c2cc(-c3ccccc3)c3sc4cccc5c4c(c3c2)c2cccc3sc4c6ccccc6ccc4c5c32)cc1. The molecule has 27 rings (SSSR count). The zero-order valence-electron chi connectivity index (χ0n) is 63.9. The molecule has 0 unspecified atom stereocenters. The third-order valence-electron chi connectivity index (χ3n) is 24.6. The summed E-state index contributed by atoms with van der Waals surface area (Å²) in [5, 5.41) is 34.7. The van der Waals surface area contributed by atoms with E-state index in [1.165, 1.54) is 168 Å². The van der Waals surface area contributed by atoms with Crippen molar-refractivity contribution in [3.05, 3.63) is 368 Å². The van der Waals surface area contributed by atoms with E-state index in [-0.39, 0.29) is 11.6 Å². The van der Waals surface area contributed by atoms with Gasteiger partial charge in [-0.15, -0.1) is 68.0 Å². The maximum atomic E-state index is 15.7. The van der Waals surface area contributed by atoms with E-state index in [1.54, 1.807) is 34.8 Å². The molecule has 0 radical (unpaired) electrons. The van der Waals surface area contributed by atoms with Gasteiger partial charge in [-0.25, -0.2) is 8.78 Å². The van der Waals surface area contributed by atoms with E-state index in [2.05, 4.69) is 255 Å². The van der Waals surface area contributed by atoms with E-state index >= 15 is 8.78 Å². The lowest BCUT2D eigenvalue weighted by atomic mass is 9.89. The fourth-order valence-electron chi connectivity index (χ4n) is 19.5. The number of rotatable bonds is 4. The van der Waals surface area contributed by atoms with Gasteiger partial charge in [0.15, 0.2) is 0 Å². The fraction of sp³-hybridized carbons (Fsp3) is 0.00909. The highest BCUT2D eigenvalue weighted by molar-refractivity contribution is 7.28. The summed E-state index contributed by atoms with van der Waals surface area (Å²) in [4.78, 5) is 4.76. The third-order valence-corrected chi connectivity index (χ3v) is 31.9. The van der Waals surface area contributed by atoms with Crippen LogP contribution in [0.5, 0.6) is 0 Å². The molecule has 27 aromatic rings. The van der Waals surface area contributed by atoms with Gasteiger partial charge < -0.3 is 0 Å². The van der Waals surface area contributed by atoms with Crippen molar-refractivity contribution < 1.29 is 8.78 Å². The second-order valence-electron chi connectivity index (χ2n) is 31.2. The Labute approximate surface area is 713 Å². The van der Waals surface area contributed by atoms with E-state index in [1.807, 2.05) is 131 Å². The molecule has 0 N–H and O–H groups in total. The van der Waals surface area contributed by atoms with E-state index in [4.69, 9.17) is 16.6 Å². The average Bonchev–Trinajstić information content (AvgIpc) is 0.709. The fourth-order valence-corrected chi connectivity index (χ4v) is 26.8. The van der Waals surface area contributed by atoms with Crippen molar-refractivity contribution in [1.29, 1.82) is 0 Å². The normalized spacial score (nSPS) is 12.2. The van der Waals surface area contributed by atoms with Crippen LogP contribution in [0.25, 0.3) is 252 Å². The lowest BCUT2D eigenvalue weighted by Crippen LogP contribution is -1.91. The first-order valence-corrected chi connectivity index (χ1v) is 45.4. The molecular weight excluding hydrogens is 1600 g/mol. The topological polar surface area (TPSA) is 12.9 Å². The number of nitrogens with zero attached hydrogens (tertiary/aromatic N) is 1. The summed E-state index contributed by atoms with van der Waals surface area (Å²) in [6.07, 6.45) is 1.86. The number of aromatic nitrogens is 1. The molecule has 7 aromatic heterocycles. The smallest absolute Gasteiger partial charge is 0.132 e. The molecule has 0 spiro atoms. The standard InChI is InChI=1S/C42H24S2.C39H22F2S2.C29H14ClNS2/c1-3-11-25(12-4-1)28-23-33(26-13-5-2-6-14-26)42-34(24-28)38-31-18-10-19-35-39(31)37(30-17-9-20-36(44-42)40(30)38)32-22-21-27-15-7-8-16-29(27)41(32)43-35;1-21-13-15-23(16-14-21)27-18-29-35(20-31(27)41)43-33-12-5-9-24-36-28-17-26(22-7-3-2-4-8-22)30(40)19-34(28)42-32-11-6-10-25(38(32)36)37(29)39(24)33;30-20-14-19-25-18-8-3-11-22-26(18)24(16-6-1-2-10-21(16)32-22)17-7-4-12-23(27(17)25)33-29(19)28-15(20)9-5-13-31-28/h1-24H;2-20H,1H3;1-14H.